The van der Waals surface area contributed by atoms with Gasteiger partial charge in [-0.2, -0.15) is 0 Å². The van der Waals surface area contributed by atoms with E-state index in [-0.39, 0.29) is 34.1 Å². The predicted molar refractivity (Wildman–Crippen MR) is 188 cm³/mol. The number of carbonyl (C=O) groups excluding carboxylic acids is 1. The van der Waals surface area contributed by atoms with Crippen molar-refractivity contribution in [3.05, 3.63) is 57.6 Å². The molecule has 258 valence electrons. The third kappa shape index (κ3) is 11.0. The van der Waals surface area contributed by atoms with Crippen molar-refractivity contribution in [2.24, 2.45) is 10.8 Å². The lowest BCUT2D eigenvalue weighted by atomic mass is 9.84. The first-order chi connectivity index (χ1) is 21.2. The molecule has 1 aliphatic rings. The Balaban J connectivity index is 2.02. The largest absolute Gasteiger partial charge is 0.507 e. The molecule has 0 saturated heterocycles. The Morgan fingerprint density at radius 3 is 1.54 bits per heavy atom. The summed E-state index contributed by atoms with van der Waals surface area (Å²) in [6.07, 6.45) is 0.271. The molecule has 2 aromatic carbocycles. The number of hydrogen-bond donors (Lipinski definition) is 5. The van der Waals surface area contributed by atoms with Gasteiger partial charge in [0, 0.05) is 81.2 Å². The van der Waals surface area contributed by atoms with Crippen LogP contribution in [0.4, 0.5) is 0 Å². The molecule has 8 nitrogen and oxygen atoms in total. The van der Waals surface area contributed by atoms with Gasteiger partial charge < -0.3 is 30.9 Å². The van der Waals surface area contributed by atoms with E-state index in [4.69, 9.17) is 4.74 Å². The minimum absolute atomic E-state index is 0.0537. The molecule has 8 heteroatoms. The third-order valence-corrected chi connectivity index (χ3v) is 8.93. The minimum Gasteiger partial charge on any atom is -0.507 e. The SMILES string of the molecule is COC(=O)CCN1Cc2cc(C(C)(C)C)cc(c2O)CNCC(C)(C)CNCc2cc(C(C)(C)C)cc(c2O)CNCC(C)(C)C1. The van der Waals surface area contributed by atoms with Crippen molar-refractivity contribution in [1.82, 2.24) is 20.9 Å². The zero-order chi connectivity index (χ0) is 34.5. The monoisotopic (exact) mass is 638 g/mol. The summed E-state index contributed by atoms with van der Waals surface area (Å²) in [4.78, 5) is 14.5. The van der Waals surface area contributed by atoms with Gasteiger partial charge in [0.25, 0.3) is 0 Å². The van der Waals surface area contributed by atoms with Gasteiger partial charge in [-0.3, -0.25) is 9.69 Å². The zero-order valence-electron chi connectivity index (χ0n) is 30.5. The molecular weight excluding hydrogens is 576 g/mol. The summed E-state index contributed by atoms with van der Waals surface area (Å²) in [7, 11) is 1.42. The molecule has 4 bridgehead atoms. The number of phenolic OH excluding ortho intramolecular Hbond substituents is 2. The molecule has 2 aromatic rings. The molecule has 0 atom stereocenters. The molecule has 46 heavy (non-hydrogen) atoms. The van der Waals surface area contributed by atoms with Crippen LogP contribution in [0.5, 0.6) is 11.5 Å². The Bertz CT molecular complexity index is 1340. The maximum absolute atomic E-state index is 12.2. The number of nitrogens with zero attached hydrogens (tertiary/aromatic N) is 1. The molecule has 0 aromatic heterocycles. The molecular formula is C38H62N4O4. The molecule has 0 spiro atoms. The van der Waals surface area contributed by atoms with Gasteiger partial charge >= 0.3 is 5.97 Å². The molecule has 1 aliphatic heterocycles. The summed E-state index contributed by atoms with van der Waals surface area (Å²) >= 11 is 0. The molecule has 0 fully saturated rings. The van der Waals surface area contributed by atoms with E-state index in [2.05, 4.69) is 114 Å². The number of carbonyl (C=O) groups is 1. The number of fused-ring (bicyclic) bond motifs is 4. The second-order valence-corrected chi connectivity index (χ2v) is 17.0. The highest BCUT2D eigenvalue weighted by atomic mass is 16.5. The summed E-state index contributed by atoms with van der Waals surface area (Å²) in [5, 5.41) is 33.8. The number of nitrogens with one attached hydrogen (secondary N) is 3. The number of aromatic hydroxyl groups is 2. The summed E-state index contributed by atoms with van der Waals surface area (Å²) < 4.78 is 4.98. The average Bonchev–Trinajstić information content (AvgIpc) is 2.93. The number of methoxy groups -OCH3 is 1. The van der Waals surface area contributed by atoms with Gasteiger partial charge in [0.15, 0.2) is 0 Å². The Labute approximate surface area is 278 Å². The lowest BCUT2D eigenvalue weighted by Crippen LogP contribution is -2.41. The number of phenols is 2. The van der Waals surface area contributed by atoms with Crippen LogP contribution in [0, 0.1) is 10.8 Å². The van der Waals surface area contributed by atoms with Crippen molar-refractivity contribution in [2.45, 2.75) is 113 Å². The van der Waals surface area contributed by atoms with E-state index in [1.165, 1.54) is 18.2 Å². The van der Waals surface area contributed by atoms with E-state index < -0.39 is 0 Å². The van der Waals surface area contributed by atoms with Crippen molar-refractivity contribution < 1.29 is 19.7 Å². The Kier molecular flexibility index (Phi) is 12.4. The van der Waals surface area contributed by atoms with Gasteiger partial charge in [0.1, 0.15) is 11.5 Å². The van der Waals surface area contributed by atoms with Crippen molar-refractivity contribution >= 4 is 5.97 Å². The number of esters is 1. The van der Waals surface area contributed by atoms with Gasteiger partial charge in [-0.15, -0.1) is 0 Å². The second-order valence-electron chi connectivity index (χ2n) is 17.0. The van der Waals surface area contributed by atoms with Crippen LogP contribution >= 0.6 is 0 Å². The molecule has 0 amide bonds. The lowest BCUT2D eigenvalue weighted by Gasteiger charge is -2.34. The topological polar surface area (TPSA) is 106 Å². The van der Waals surface area contributed by atoms with Crippen LogP contribution in [0.2, 0.25) is 0 Å². The molecule has 0 aliphatic carbocycles. The normalized spacial score (nSPS) is 18.9. The van der Waals surface area contributed by atoms with Crippen LogP contribution in [-0.4, -0.2) is 60.9 Å². The van der Waals surface area contributed by atoms with Gasteiger partial charge in [-0.25, -0.2) is 0 Å². The summed E-state index contributed by atoms with van der Waals surface area (Å²) in [5.41, 5.74) is 5.53. The third-order valence-electron chi connectivity index (χ3n) is 8.93. The quantitative estimate of drug-likeness (QED) is 0.257. The van der Waals surface area contributed by atoms with E-state index in [9.17, 15) is 15.0 Å². The Morgan fingerprint density at radius 2 is 1.13 bits per heavy atom. The van der Waals surface area contributed by atoms with Crippen LogP contribution in [-0.2, 0) is 46.5 Å². The minimum atomic E-state index is -0.248. The van der Waals surface area contributed by atoms with Crippen molar-refractivity contribution in [3.63, 3.8) is 0 Å². The highest BCUT2D eigenvalue weighted by Crippen LogP contribution is 2.34. The van der Waals surface area contributed by atoms with Crippen molar-refractivity contribution in [1.29, 1.82) is 0 Å². The molecule has 3 rings (SSSR count). The summed E-state index contributed by atoms with van der Waals surface area (Å²) in [6, 6.07) is 8.51. The number of rotatable bonds is 3. The van der Waals surface area contributed by atoms with E-state index in [0.29, 0.717) is 57.3 Å². The van der Waals surface area contributed by atoms with E-state index >= 15 is 0 Å². The maximum Gasteiger partial charge on any atom is 0.306 e. The van der Waals surface area contributed by atoms with Gasteiger partial charge in [0.2, 0.25) is 0 Å². The fourth-order valence-corrected chi connectivity index (χ4v) is 6.05. The van der Waals surface area contributed by atoms with E-state index in [1.54, 1.807) is 0 Å². The maximum atomic E-state index is 12.2. The lowest BCUT2D eigenvalue weighted by molar-refractivity contribution is -0.141. The van der Waals surface area contributed by atoms with Crippen LogP contribution in [0.3, 0.4) is 0 Å². The standard InChI is InChI=1S/C38H62N4O4/c1-35(2,3)30-14-26-18-39-22-37(7,8)23-40-20-28-16-31(36(4,5)6)17-29(34(28)45)21-42(13-12-32(43)46-11)25-38(9,10)24-41-19-27(15-30)33(26)44/h14-17,39-41,44-45H,12-13,18-25H2,1-11H3. The molecule has 0 unspecified atom stereocenters. The predicted octanol–water partition coefficient (Wildman–Crippen LogP) is 6.09. The van der Waals surface area contributed by atoms with Crippen molar-refractivity contribution in [2.75, 3.05) is 39.8 Å². The van der Waals surface area contributed by atoms with Crippen LogP contribution in [0.25, 0.3) is 0 Å². The van der Waals surface area contributed by atoms with Gasteiger partial charge in [0.05, 0.1) is 13.5 Å². The first kappa shape index (κ1) is 37.8. The van der Waals surface area contributed by atoms with Gasteiger partial charge in [-0.05, 0) is 32.8 Å². The molecule has 1 heterocycles. The Hall–Kier alpha value is -2.65. The summed E-state index contributed by atoms with van der Waals surface area (Å²) in [5.74, 6) is 0.412. The first-order valence-electron chi connectivity index (χ1n) is 16.8. The highest BCUT2D eigenvalue weighted by molar-refractivity contribution is 5.69. The number of hydrogen-bond acceptors (Lipinski definition) is 8. The number of benzene rings is 2. The van der Waals surface area contributed by atoms with E-state index in [0.717, 1.165) is 35.3 Å². The number of ether oxygens (including phenoxy) is 1. The second kappa shape index (κ2) is 15.1. The fourth-order valence-electron chi connectivity index (χ4n) is 6.05. The van der Waals surface area contributed by atoms with E-state index in [1.807, 2.05) is 0 Å². The van der Waals surface area contributed by atoms with Gasteiger partial charge in [-0.1, -0.05) is 93.5 Å². The summed E-state index contributed by atoms with van der Waals surface area (Å²) in [6.45, 7) is 27.6. The van der Waals surface area contributed by atoms with Crippen LogP contribution < -0.4 is 16.0 Å². The Morgan fingerprint density at radius 1 is 0.739 bits per heavy atom. The highest BCUT2D eigenvalue weighted by Gasteiger charge is 2.27. The zero-order valence-corrected chi connectivity index (χ0v) is 30.5. The average molecular weight is 639 g/mol. The van der Waals surface area contributed by atoms with Crippen molar-refractivity contribution in [3.8, 4) is 11.5 Å². The molecule has 5 N–H and O–H groups in total. The molecule has 0 saturated carbocycles. The van der Waals surface area contributed by atoms with Crippen LogP contribution in [0.1, 0.15) is 109 Å². The molecule has 0 radical (unpaired) electrons. The van der Waals surface area contributed by atoms with Crippen LogP contribution in [0.15, 0.2) is 24.3 Å². The first-order valence-corrected chi connectivity index (χ1v) is 16.8. The smallest absolute Gasteiger partial charge is 0.306 e. The fraction of sp³-hybridized carbons (Fsp3) is 0.658.